The van der Waals surface area contributed by atoms with Crippen LogP contribution in [-0.2, 0) is 4.79 Å². The quantitative estimate of drug-likeness (QED) is 0.543. The van der Waals surface area contributed by atoms with Crippen molar-refractivity contribution in [2.24, 2.45) is 5.92 Å². The highest BCUT2D eigenvalue weighted by Gasteiger charge is 2.30. The van der Waals surface area contributed by atoms with Crippen LogP contribution in [0.4, 0.5) is 0 Å². The molecular formula is C27H29NO3. The standard InChI is InChI=1S/C27H29NO3/c1-2-31-25-14-12-23(13-15-25)26(28-18-16-24(17-19-28)27(29)30)22-10-8-21(9-11-22)20-6-4-3-5-7-20/h3-15,24,26H,2,16-19H2,1H3,(H,29,30). The molecule has 31 heavy (non-hydrogen) atoms. The predicted octanol–water partition coefficient (Wildman–Crippen LogP) is 5.64. The maximum absolute atomic E-state index is 11.4. The smallest absolute Gasteiger partial charge is 0.306 e. The SMILES string of the molecule is CCOc1ccc(C(c2ccc(-c3ccccc3)cc2)N2CCC(C(=O)O)CC2)cc1. The largest absolute Gasteiger partial charge is 0.494 e. The van der Waals surface area contributed by atoms with E-state index >= 15 is 0 Å². The number of aliphatic carboxylic acids is 1. The average Bonchev–Trinajstić information content (AvgIpc) is 2.82. The maximum Gasteiger partial charge on any atom is 0.306 e. The van der Waals surface area contributed by atoms with Crippen LogP contribution in [-0.4, -0.2) is 35.7 Å². The molecule has 3 aromatic rings. The van der Waals surface area contributed by atoms with Gasteiger partial charge in [0.1, 0.15) is 5.75 Å². The van der Waals surface area contributed by atoms with Crippen LogP contribution in [0.1, 0.15) is 36.9 Å². The Hall–Kier alpha value is -3.11. The highest BCUT2D eigenvalue weighted by molar-refractivity contribution is 5.70. The molecule has 0 saturated carbocycles. The Morgan fingerprint density at radius 2 is 1.45 bits per heavy atom. The minimum atomic E-state index is -0.676. The molecule has 1 fully saturated rings. The Balaban J connectivity index is 1.63. The van der Waals surface area contributed by atoms with Gasteiger partial charge in [-0.1, -0.05) is 66.7 Å². The number of carboxylic acid groups (broad SMARTS) is 1. The number of piperidine rings is 1. The first-order valence-electron chi connectivity index (χ1n) is 11.0. The lowest BCUT2D eigenvalue weighted by Crippen LogP contribution is -2.39. The monoisotopic (exact) mass is 415 g/mol. The molecule has 1 aliphatic heterocycles. The molecule has 1 atom stereocenters. The summed E-state index contributed by atoms with van der Waals surface area (Å²) < 4.78 is 5.62. The molecule has 0 bridgehead atoms. The van der Waals surface area contributed by atoms with Gasteiger partial charge in [0, 0.05) is 0 Å². The van der Waals surface area contributed by atoms with Gasteiger partial charge in [-0.25, -0.2) is 0 Å². The molecule has 4 nitrogen and oxygen atoms in total. The van der Waals surface area contributed by atoms with Crippen molar-refractivity contribution in [3.05, 3.63) is 90.0 Å². The van der Waals surface area contributed by atoms with Gasteiger partial charge >= 0.3 is 5.97 Å². The van der Waals surface area contributed by atoms with Gasteiger partial charge in [-0.15, -0.1) is 0 Å². The molecule has 3 aromatic carbocycles. The molecule has 0 spiro atoms. The number of hydrogen-bond donors (Lipinski definition) is 1. The number of hydrogen-bond acceptors (Lipinski definition) is 3. The highest BCUT2D eigenvalue weighted by Crippen LogP contribution is 2.34. The summed E-state index contributed by atoms with van der Waals surface area (Å²) in [5, 5.41) is 9.38. The van der Waals surface area contributed by atoms with Gasteiger partial charge in [-0.05, 0) is 67.2 Å². The fourth-order valence-electron chi connectivity index (χ4n) is 4.42. The Morgan fingerprint density at radius 1 is 0.903 bits per heavy atom. The summed E-state index contributed by atoms with van der Waals surface area (Å²) in [5.74, 6) is -0.0452. The topological polar surface area (TPSA) is 49.8 Å². The molecule has 0 radical (unpaired) electrons. The van der Waals surface area contributed by atoms with E-state index in [1.165, 1.54) is 22.3 Å². The molecule has 160 valence electrons. The van der Waals surface area contributed by atoms with Crippen LogP contribution in [0, 0.1) is 5.92 Å². The van der Waals surface area contributed by atoms with Crippen molar-refractivity contribution in [2.75, 3.05) is 19.7 Å². The van der Waals surface area contributed by atoms with Gasteiger partial charge in [0.2, 0.25) is 0 Å². The van der Waals surface area contributed by atoms with E-state index in [9.17, 15) is 9.90 Å². The zero-order chi connectivity index (χ0) is 21.6. The first-order valence-corrected chi connectivity index (χ1v) is 11.0. The van der Waals surface area contributed by atoms with Crippen LogP contribution in [0.3, 0.4) is 0 Å². The second-order valence-electron chi connectivity index (χ2n) is 8.04. The minimum absolute atomic E-state index is 0.0928. The number of benzene rings is 3. The lowest BCUT2D eigenvalue weighted by molar-refractivity contribution is -0.143. The number of ether oxygens (including phenoxy) is 1. The molecule has 1 saturated heterocycles. The van der Waals surface area contributed by atoms with Crippen molar-refractivity contribution in [1.82, 2.24) is 4.90 Å². The molecule has 1 unspecified atom stereocenters. The summed E-state index contributed by atoms with van der Waals surface area (Å²) in [5.41, 5.74) is 4.82. The first kappa shape index (κ1) is 21.1. The fraction of sp³-hybridized carbons (Fsp3) is 0.296. The molecule has 4 rings (SSSR count). The van der Waals surface area contributed by atoms with Gasteiger partial charge < -0.3 is 9.84 Å². The number of rotatable bonds is 7. The molecule has 0 aromatic heterocycles. The molecule has 0 aliphatic carbocycles. The summed E-state index contributed by atoms with van der Waals surface area (Å²) >= 11 is 0. The lowest BCUT2D eigenvalue weighted by atomic mass is 9.90. The van der Waals surface area contributed by atoms with E-state index in [1.807, 2.05) is 25.1 Å². The van der Waals surface area contributed by atoms with E-state index in [4.69, 9.17) is 4.74 Å². The van der Waals surface area contributed by atoms with Crippen molar-refractivity contribution < 1.29 is 14.6 Å². The summed E-state index contributed by atoms with van der Waals surface area (Å²) in [6.45, 7) is 4.18. The predicted molar refractivity (Wildman–Crippen MR) is 123 cm³/mol. The number of likely N-dealkylation sites (tertiary alicyclic amines) is 1. The van der Waals surface area contributed by atoms with Gasteiger partial charge in [0.05, 0.1) is 18.6 Å². The highest BCUT2D eigenvalue weighted by atomic mass is 16.5. The minimum Gasteiger partial charge on any atom is -0.494 e. The van der Waals surface area contributed by atoms with Crippen molar-refractivity contribution in [2.45, 2.75) is 25.8 Å². The van der Waals surface area contributed by atoms with E-state index in [0.29, 0.717) is 19.4 Å². The second kappa shape index (κ2) is 9.80. The van der Waals surface area contributed by atoms with Crippen LogP contribution < -0.4 is 4.74 Å². The van der Waals surface area contributed by atoms with Crippen LogP contribution in [0.15, 0.2) is 78.9 Å². The van der Waals surface area contributed by atoms with E-state index in [0.717, 1.165) is 18.8 Å². The number of carbonyl (C=O) groups is 1. The molecule has 1 N–H and O–H groups in total. The Kier molecular flexibility index (Phi) is 6.68. The summed E-state index contributed by atoms with van der Waals surface area (Å²) in [7, 11) is 0. The zero-order valence-corrected chi connectivity index (χ0v) is 17.9. The zero-order valence-electron chi connectivity index (χ0n) is 17.9. The summed E-state index contributed by atoms with van der Waals surface area (Å²) in [4.78, 5) is 13.8. The molecule has 0 amide bonds. The van der Waals surface area contributed by atoms with Crippen LogP contribution >= 0.6 is 0 Å². The van der Waals surface area contributed by atoms with Crippen molar-refractivity contribution in [1.29, 1.82) is 0 Å². The van der Waals surface area contributed by atoms with Crippen LogP contribution in [0.5, 0.6) is 5.75 Å². The number of nitrogens with zero attached hydrogens (tertiary/aromatic N) is 1. The molecule has 1 heterocycles. The van der Waals surface area contributed by atoms with E-state index < -0.39 is 5.97 Å². The molecular weight excluding hydrogens is 386 g/mol. The van der Waals surface area contributed by atoms with Crippen LogP contribution in [0.2, 0.25) is 0 Å². The second-order valence-corrected chi connectivity index (χ2v) is 8.04. The summed E-state index contributed by atoms with van der Waals surface area (Å²) in [6, 6.07) is 27.5. The Morgan fingerprint density at radius 3 is 2.00 bits per heavy atom. The molecule has 1 aliphatic rings. The summed E-state index contributed by atoms with van der Waals surface area (Å²) in [6.07, 6.45) is 1.37. The van der Waals surface area contributed by atoms with Crippen molar-refractivity contribution in [3.63, 3.8) is 0 Å². The van der Waals surface area contributed by atoms with Gasteiger partial charge in [-0.3, -0.25) is 9.69 Å². The first-order chi connectivity index (χ1) is 15.2. The van der Waals surface area contributed by atoms with Crippen molar-refractivity contribution in [3.8, 4) is 16.9 Å². The van der Waals surface area contributed by atoms with E-state index in [2.05, 4.69) is 65.6 Å². The van der Waals surface area contributed by atoms with Gasteiger partial charge in [0.15, 0.2) is 0 Å². The van der Waals surface area contributed by atoms with Gasteiger partial charge in [0.25, 0.3) is 0 Å². The Labute approximate surface area is 184 Å². The number of carboxylic acids is 1. The Bertz CT molecular complexity index is 975. The lowest BCUT2D eigenvalue weighted by Gasteiger charge is -2.37. The van der Waals surface area contributed by atoms with Gasteiger partial charge in [-0.2, -0.15) is 0 Å². The molecule has 4 heteroatoms. The third-order valence-corrected chi connectivity index (χ3v) is 6.08. The van der Waals surface area contributed by atoms with E-state index in [-0.39, 0.29) is 12.0 Å². The fourth-order valence-corrected chi connectivity index (χ4v) is 4.42. The van der Waals surface area contributed by atoms with Crippen molar-refractivity contribution >= 4 is 5.97 Å². The third-order valence-electron chi connectivity index (χ3n) is 6.08. The van der Waals surface area contributed by atoms with E-state index in [1.54, 1.807) is 0 Å². The average molecular weight is 416 g/mol. The maximum atomic E-state index is 11.4. The normalized spacial score (nSPS) is 16.0. The van der Waals surface area contributed by atoms with Crippen LogP contribution in [0.25, 0.3) is 11.1 Å². The third kappa shape index (κ3) is 4.97.